The van der Waals surface area contributed by atoms with Crippen LogP contribution in [0.4, 0.5) is 0 Å². The number of rotatable bonds is 7. The Balaban J connectivity index is 1.88. The molecular formula is C25H45N. The lowest BCUT2D eigenvalue weighted by Crippen LogP contribution is -2.33. The number of hydrogen-bond donors (Lipinski definition) is 0. The molecule has 1 heteroatoms. The van der Waals surface area contributed by atoms with Crippen LogP contribution >= 0.6 is 0 Å². The molecule has 0 aromatic carbocycles. The molecule has 1 aliphatic carbocycles. The Bertz CT molecular complexity index is 435. The zero-order valence-corrected chi connectivity index (χ0v) is 18.2. The van der Waals surface area contributed by atoms with Crippen molar-refractivity contribution in [2.75, 3.05) is 13.1 Å². The van der Waals surface area contributed by atoms with Gasteiger partial charge in [0.2, 0.25) is 0 Å². The van der Waals surface area contributed by atoms with Gasteiger partial charge in [-0.2, -0.15) is 0 Å². The highest BCUT2D eigenvalue weighted by Gasteiger charge is 2.20. The summed E-state index contributed by atoms with van der Waals surface area (Å²) in [6.07, 6.45) is 21.9. The van der Waals surface area contributed by atoms with Gasteiger partial charge in [-0.1, -0.05) is 56.8 Å². The Labute approximate surface area is 164 Å². The van der Waals surface area contributed by atoms with Crippen molar-refractivity contribution in [1.29, 1.82) is 0 Å². The molecule has 0 aromatic heterocycles. The van der Waals surface area contributed by atoms with Crippen molar-refractivity contribution in [3.8, 4) is 0 Å². The van der Waals surface area contributed by atoms with E-state index in [2.05, 4.69) is 44.7 Å². The molecule has 2 unspecified atom stereocenters. The zero-order chi connectivity index (χ0) is 18.8. The minimum atomic E-state index is 0.740. The predicted molar refractivity (Wildman–Crippen MR) is 117 cm³/mol. The van der Waals surface area contributed by atoms with E-state index in [1.165, 1.54) is 95.7 Å². The molecule has 0 spiro atoms. The summed E-state index contributed by atoms with van der Waals surface area (Å²) in [6, 6.07) is 0.740. The van der Waals surface area contributed by atoms with Crippen LogP contribution in [0, 0.1) is 11.8 Å². The highest BCUT2D eigenvalue weighted by atomic mass is 15.1. The van der Waals surface area contributed by atoms with Gasteiger partial charge in [-0.3, -0.25) is 0 Å². The largest absolute Gasteiger partial charge is 0.301 e. The Morgan fingerprint density at radius 2 is 1.69 bits per heavy atom. The van der Waals surface area contributed by atoms with E-state index in [0.717, 1.165) is 17.9 Å². The normalized spacial score (nSPS) is 25.4. The SMILES string of the molecule is CCC1CCCN(C(C)CCC=C(C=C(C)C)C2CCCCCC2)CC1. The first-order valence-electron chi connectivity index (χ1n) is 11.7. The van der Waals surface area contributed by atoms with Gasteiger partial charge in [-0.15, -0.1) is 0 Å². The minimum absolute atomic E-state index is 0.740. The third kappa shape index (κ3) is 7.59. The monoisotopic (exact) mass is 359 g/mol. The van der Waals surface area contributed by atoms with Gasteiger partial charge in [0, 0.05) is 6.04 Å². The molecule has 1 saturated heterocycles. The summed E-state index contributed by atoms with van der Waals surface area (Å²) in [7, 11) is 0. The molecule has 150 valence electrons. The molecule has 2 aliphatic rings. The maximum absolute atomic E-state index is 2.77. The number of hydrogen-bond acceptors (Lipinski definition) is 1. The summed E-state index contributed by atoms with van der Waals surface area (Å²) in [5.41, 5.74) is 3.12. The van der Waals surface area contributed by atoms with E-state index >= 15 is 0 Å². The molecule has 1 saturated carbocycles. The van der Waals surface area contributed by atoms with Crippen molar-refractivity contribution in [2.45, 2.75) is 111 Å². The molecule has 2 rings (SSSR count). The molecule has 1 aliphatic heterocycles. The molecule has 0 bridgehead atoms. The lowest BCUT2D eigenvalue weighted by atomic mass is 9.89. The van der Waals surface area contributed by atoms with Crippen LogP contribution in [0.25, 0.3) is 0 Å². The minimum Gasteiger partial charge on any atom is -0.301 e. The van der Waals surface area contributed by atoms with Crippen LogP contribution in [0.1, 0.15) is 105 Å². The summed E-state index contributed by atoms with van der Waals surface area (Å²) in [6.45, 7) is 12.0. The number of allylic oxidation sites excluding steroid dienone is 4. The second-order valence-corrected chi connectivity index (χ2v) is 9.28. The van der Waals surface area contributed by atoms with E-state index < -0.39 is 0 Å². The lowest BCUT2D eigenvalue weighted by molar-refractivity contribution is 0.205. The third-order valence-corrected chi connectivity index (χ3v) is 6.83. The van der Waals surface area contributed by atoms with Gasteiger partial charge in [-0.05, 0) is 96.2 Å². The Kier molecular flexibility index (Phi) is 10.0. The summed E-state index contributed by atoms with van der Waals surface area (Å²) in [4.78, 5) is 2.77. The first kappa shape index (κ1) is 21.7. The van der Waals surface area contributed by atoms with Crippen LogP contribution in [0.5, 0.6) is 0 Å². The van der Waals surface area contributed by atoms with Crippen LogP contribution < -0.4 is 0 Å². The van der Waals surface area contributed by atoms with Gasteiger partial charge in [0.25, 0.3) is 0 Å². The van der Waals surface area contributed by atoms with Gasteiger partial charge in [0.05, 0.1) is 0 Å². The average Bonchev–Trinajstić information content (AvgIpc) is 3.03. The second kappa shape index (κ2) is 12.0. The van der Waals surface area contributed by atoms with Crippen molar-refractivity contribution in [2.24, 2.45) is 11.8 Å². The highest BCUT2D eigenvalue weighted by Crippen LogP contribution is 2.31. The van der Waals surface area contributed by atoms with Crippen molar-refractivity contribution < 1.29 is 0 Å². The van der Waals surface area contributed by atoms with E-state index in [9.17, 15) is 0 Å². The first-order valence-corrected chi connectivity index (χ1v) is 11.7. The fourth-order valence-electron chi connectivity index (χ4n) is 5.00. The predicted octanol–water partition coefficient (Wildman–Crippen LogP) is 7.53. The van der Waals surface area contributed by atoms with E-state index in [4.69, 9.17) is 0 Å². The molecule has 0 radical (unpaired) electrons. The van der Waals surface area contributed by atoms with Gasteiger partial charge < -0.3 is 4.90 Å². The molecule has 2 atom stereocenters. The molecule has 1 nitrogen and oxygen atoms in total. The van der Waals surface area contributed by atoms with Crippen molar-refractivity contribution >= 4 is 0 Å². The van der Waals surface area contributed by atoms with Crippen LogP contribution in [-0.2, 0) is 0 Å². The average molecular weight is 360 g/mol. The van der Waals surface area contributed by atoms with E-state index in [1.54, 1.807) is 5.57 Å². The Hall–Kier alpha value is -0.560. The Morgan fingerprint density at radius 3 is 2.35 bits per heavy atom. The van der Waals surface area contributed by atoms with Crippen LogP contribution in [-0.4, -0.2) is 24.0 Å². The summed E-state index contributed by atoms with van der Waals surface area (Å²) in [5.74, 6) is 1.80. The van der Waals surface area contributed by atoms with E-state index in [1.807, 2.05) is 0 Å². The molecule has 2 fully saturated rings. The van der Waals surface area contributed by atoms with Gasteiger partial charge in [-0.25, -0.2) is 0 Å². The highest BCUT2D eigenvalue weighted by molar-refractivity contribution is 5.25. The Morgan fingerprint density at radius 1 is 0.962 bits per heavy atom. The third-order valence-electron chi connectivity index (χ3n) is 6.83. The topological polar surface area (TPSA) is 3.24 Å². The summed E-state index contributed by atoms with van der Waals surface area (Å²) >= 11 is 0. The fraction of sp³-hybridized carbons (Fsp3) is 0.840. The molecule has 0 amide bonds. The van der Waals surface area contributed by atoms with Gasteiger partial charge >= 0.3 is 0 Å². The van der Waals surface area contributed by atoms with Crippen LogP contribution in [0.2, 0.25) is 0 Å². The van der Waals surface area contributed by atoms with Crippen LogP contribution in [0.3, 0.4) is 0 Å². The van der Waals surface area contributed by atoms with E-state index in [0.29, 0.717) is 0 Å². The van der Waals surface area contributed by atoms with Crippen LogP contribution in [0.15, 0.2) is 23.3 Å². The number of nitrogens with zero attached hydrogens (tertiary/aromatic N) is 1. The summed E-state index contributed by atoms with van der Waals surface area (Å²) < 4.78 is 0. The first-order chi connectivity index (χ1) is 12.6. The fourth-order valence-corrected chi connectivity index (χ4v) is 5.00. The molecule has 0 aromatic rings. The molecule has 26 heavy (non-hydrogen) atoms. The summed E-state index contributed by atoms with van der Waals surface area (Å²) in [5, 5.41) is 0. The van der Waals surface area contributed by atoms with Crippen molar-refractivity contribution in [3.63, 3.8) is 0 Å². The van der Waals surface area contributed by atoms with Crippen molar-refractivity contribution in [3.05, 3.63) is 23.3 Å². The maximum Gasteiger partial charge on any atom is 0.00698 e. The van der Waals surface area contributed by atoms with Gasteiger partial charge in [0.15, 0.2) is 0 Å². The second-order valence-electron chi connectivity index (χ2n) is 9.28. The quantitative estimate of drug-likeness (QED) is 0.335. The molecular weight excluding hydrogens is 314 g/mol. The maximum atomic E-state index is 2.77. The molecule has 1 heterocycles. The zero-order valence-electron chi connectivity index (χ0n) is 18.2. The standard InChI is InChI=1S/C25H45N/c1-5-23-13-11-18-26(19-17-23)22(4)12-10-16-25(20-21(2)3)24-14-8-6-7-9-15-24/h16,20,22-24H,5-15,17-19H2,1-4H3. The van der Waals surface area contributed by atoms with E-state index in [-0.39, 0.29) is 0 Å². The smallest absolute Gasteiger partial charge is 0.00698 e. The number of likely N-dealkylation sites (tertiary alicyclic amines) is 1. The van der Waals surface area contributed by atoms with Crippen molar-refractivity contribution in [1.82, 2.24) is 4.90 Å². The lowest BCUT2D eigenvalue weighted by Gasteiger charge is -2.27. The molecule has 0 N–H and O–H groups in total. The van der Waals surface area contributed by atoms with Gasteiger partial charge in [0.1, 0.15) is 0 Å².